The van der Waals surface area contributed by atoms with Crippen LogP contribution in [0.4, 0.5) is 11.4 Å². The molecule has 168 valence electrons. The van der Waals surface area contributed by atoms with Crippen LogP contribution >= 0.6 is 43.6 Å². The maximum Gasteiger partial charge on any atom is 0.271 e. The number of aromatic hydroxyl groups is 1. The van der Waals surface area contributed by atoms with Crippen molar-refractivity contribution in [2.45, 2.75) is 26.7 Å². The number of benzene rings is 3. The molecule has 1 aliphatic heterocycles. The average Bonchev–Trinajstić information content (AvgIpc) is 3.11. The lowest BCUT2D eigenvalue weighted by atomic mass is 10.1. The van der Waals surface area contributed by atoms with Crippen molar-refractivity contribution in [1.29, 1.82) is 0 Å². The van der Waals surface area contributed by atoms with Crippen LogP contribution in [-0.2, 0) is 17.6 Å². The third kappa shape index (κ3) is 4.95. The van der Waals surface area contributed by atoms with Crippen LogP contribution in [0.2, 0.25) is 0 Å². The second kappa shape index (κ2) is 10.3. The second-order valence-corrected chi connectivity index (χ2v) is 10.2. The number of anilines is 1. The van der Waals surface area contributed by atoms with Gasteiger partial charge in [0.2, 0.25) is 0 Å². The Balaban J connectivity index is 1.87. The largest absolute Gasteiger partial charge is 0.506 e. The Morgan fingerprint density at radius 2 is 1.67 bits per heavy atom. The molecule has 1 aliphatic rings. The molecule has 1 fully saturated rings. The zero-order valence-corrected chi connectivity index (χ0v) is 22.2. The lowest BCUT2D eigenvalue weighted by Gasteiger charge is -2.19. The van der Waals surface area contributed by atoms with Gasteiger partial charge < -0.3 is 5.11 Å². The molecule has 0 aromatic heterocycles. The molecule has 3 aromatic carbocycles. The molecule has 0 unspecified atom stereocenters. The number of hydrogen-bond acceptors (Lipinski definition) is 4. The fourth-order valence-electron chi connectivity index (χ4n) is 3.65. The average molecular weight is 586 g/mol. The highest BCUT2D eigenvalue weighted by molar-refractivity contribution is 9.11. The highest BCUT2D eigenvalue weighted by Crippen LogP contribution is 2.41. The molecule has 4 rings (SSSR count). The minimum absolute atomic E-state index is 0.0846. The van der Waals surface area contributed by atoms with Gasteiger partial charge in [-0.25, -0.2) is 4.99 Å². The van der Waals surface area contributed by atoms with Crippen molar-refractivity contribution in [3.8, 4) is 5.75 Å². The minimum Gasteiger partial charge on any atom is -0.506 e. The minimum atomic E-state index is -0.163. The van der Waals surface area contributed by atoms with Gasteiger partial charge >= 0.3 is 0 Å². The number of phenolic OH excluding ortho intramolecular Hbond substituents is 1. The van der Waals surface area contributed by atoms with E-state index in [1.54, 1.807) is 23.1 Å². The van der Waals surface area contributed by atoms with E-state index in [9.17, 15) is 9.90 Å². The van der Waals surface area contributed by atoms with Crippen LogP contribution in [0.25, 0.3) is 6.08 Å². The van der Waals surface area contributed by atoms with Gasteiger partial charge in [0.25, 0.3) is 5.91 Å². The predicted octanol–water partition coefficient (Wildman–Crippen LogP) is 7.85. The van der Waals surface area contributed by atoms with Crippen molar-refractivity contribution >= 4 is 72.1 Å². The van der Waals surface area contributed by atoms with E-state index in [4.69, 9.17) is 4.99 Å². The third-order valence-corrected chi connectivity index (χ3v) is 7.38. The summed E-state index contributed by atoms with van der Waals surface area (Å²) in [7, 11) is 0. The highest BCUT2D eigenvalue weighted by atomic mass is 79.9. The summed E-state index contributed by atoms with van der Waals surface area (Å²) in [6.07, 6.45) is 3.36. The van der Waals surface area contributed by atoms with Crippen LogP contribution in [0.5, 0.6) is 5.75 Å². The summed E-state index contributed by atoms with van der Waals surface area (Å²) in [5.74, 6) is -0.0783. The molecule has 1 heterocycles. The molecule has 0 spiro atoms. The summed E-state index contributed by atoms with van der Waals surface area (Å²) in [4.78, 5) is 20.8. The van der Waals surface area contributed by atoms with Gasteiger partial charge in [-0.05, 0) is 82.0 Å². The maximum atomic E-state index is 13.7. The quantitative estimate of drug-likeness (QED) is 0.310. The molecule has 0 aliphatic carbocycles. The van der Waals surface area contributed by atoms with Crippen molar-refractivity contribution in [3.05, 3.63) is 91.2 Å². The number of amides is 1. The Kier molecular flexibility index (Phi) is 7.41. The number of para-hydroxylation sites is 2. The predicted molar refractivity (Wildman–Crippen MR) is 145 cm³/mol. The number of hydrogen-bond donors (Lipinski definition) is 1. The zero-order chi connectivity index (χ0) is 23.5. The van der Waals surface area contributed by atoms with Crippen LogP contribution < -0.4 is 4.90 Å². The summed E-state index contributed by atoms with van der Waals surface area (Å²) in [6.45, 7) is 4.17. The Labute approximate surface area is 214 Å². The number of rotatable bonds is 5. The van der Waals surface area contributed by atoms with E-state index in [2.05, 4.69) is 51.8 Å². The Hall–Kier alpha value is -2.35. The molecule has 0 radical (unpaired) electrons. The van der Waals surface area contributed by atoms with Crippen molar-refractivity contribution in [3.63, 3.8) is 0 Å². The van der Waals surface area contributed by atoms with Crippen LogP contribution in [0, 0.1) is 0 Å². The molecule has 3 aromatic rings. The van der Waals surface area contributed by atoms with E-state index >= 15 is 0 Å². The van der Waals surface area contributed by atoms with Gasteiger partial charge in [0, 0.05) is 10.0 Å². The number of carbonyl (C=O) groups excluding carboxylic acids is 1. The van der Waals surface area contributed by atoms with Gasteiger partial charge in [-0.2, -0.15) is 0 Å². The van der Waals surface area contributed by atoms with Crippen LogP contribution in [0.3, 0.4) is 0 Å². The van der Waals surface area contributed by atoms with Gasteiger partial charge in [-0.15, -0.1) is 0 Å². The fraction of sp³-hybridized carbons (Fsp3) is 0.154. The number of aliphatic imine (C=N–C) groups is 1. The summed E-state index contributed by atoms with van der Waals surface area (Å²) >= 11 is 8.14. The van der Waals surface area contributed by atoms with E-state index < -0.39 is 0 Å². The number of amidine groups is 1. The number of nitrogens with zero attached hydrogens (tertiary/aromatic N) is 2. The van der Waals surface area contributed by atoms with Gasteiger partial charge in [0.05, 0.1) is 20.8 Å². The molecular weight excluding hydrogens is 564 g/mol. The molecule has 33 heavy (non-hydrogen) atoms. The lowest BCUT2D eigenvalue weighted by molar-refractivity contribution is -0.113. The topological polar surface area (TPSA) is 52.9 Å². The fourth-order valence-corrected chi connectivity index (χ4v) is 5.88. The number of thioether (sulfide) groups is 1. The van der Waals surface area contributed by atoms with E-state index in [1.165, 1.54) is 11.8 Å². The molecular formula is C26H22Br2N2O2S. The van der Waals surface area contributed by atoms with Crippen molar-refractivity contribution < 1.29 is 9.90 Å². The monoisotopic (exact) mass is 584 g/mol. The number of aryl methyl sites for hydroxylation is 2. The molecule has 4 nitrogen and oxygen atoms in total. The van der Waals surface area contributed by atoms with E-state index in [0.717, 1.165) is 39.8 Å². The van der Waals surface area contributed by atoms with E-state index in [1.807, 2.05) is 42.5 Å². The van der Waals surface area contributed by atoms with E-state index in [0.29, 0.717) is 20.1 Å². The van der Waals surface area contributed by atoms with Gasteiger partial charge in [-0.1, -0.05) is 66.2 Å². The summed E-state index contributed by atoms with van der Waals surface area (Å²) in [5, 5.41) is 11.1. The zero-order valence-electron chi connectivity index (χ0n) is 18.2. The maximum absolute atomic E-state index is 13.7. The Morgan fingerprint density at radius 1 is 1.00 bits per heavy atom. The Morgan fingerprint density at radius 3 is 2.39 bits per heavy atom. The normalized spacial score (nSPS) is 16.2. The third-order valence-electron chi connectivity index (χ3n) is 5.35. The van der Waals surface area contributed by atoms with Crippen LogP contribution in [-0.4, -0.2) is 16.2 Å². The molecule has 7 heteroatoms. The molecule has 0 bridgehead atoms. The number of phenols is 1. The number of carbonyl (C=O) groups is 1. The van der Waals surface area contributed by atoms with Crippen molar-refractivity contribution in [2.75, 3.05) is 4.90 Å². The summed E-state index contributed by atoms with van der Waals surface area (Å²) in [5.41, 5.74) is 4.41. The highest BCUT2D eigenvalue weighted by Gasteiger charge is 2.36. The van der Waals surface area contributed by atoms with Crippen LogP contribution in [0.1, 0.15) is 30.5 Å². The SMILES string of the molecule is CCc1ccccc1N=C1S/C(=C/c2cc(Br)cc(Br)c2O)C(=O)N1c1ccccc1CC. The van der Waals surface area contributed by atoms with Crippen molar-refractivity contribution in [1.82, 2.24) is 0 Å². The molecule has 1 amide bonds. The number of halogens is 2. The van der Waals surface area contributed by atoms with Gasteiger partial charge in [0.15, 0.2) is 5.17 Å². The second-order valence-electron chi connectivity index (χ2n) is 7.44. The Bertz CT molecular complexity index is 1290. The smallest absolute Gasteiger partial charge is 0.271 e. The molecule has 1 saturated heterocycles. The van der Waals surface area contributed by atoms with E-state index in [-0.39, 0.29) is 11.7 Å². The molecule has 1 N–H and O–H groups in total. The molecule has 0 atom stereocenters. The first kappa shape index (κ1) is 23.8. The molecule has 0 saturated carbocycles. The standard InChI is InChI=1S/C26H22Br2N2O2S/c1-3-16-9-5-7-11-21(16)29-26-30(22-12-8-6-10-17(22)4-2)25(32)23(33-26)14-18-13-19(27)15-20(28)24(18)31/h5-15,31H,3-4H2,1-2H3/b23-14+,29-26?. The first-order valence-corrected chi connectivity index (χ1v) is 13.0. The lowest BCUT2D eigenvalue weighted by Crippen LogP contribution is -2.29. The van der Waals surface area contributed by atoms with Gasteiger partial charge in [-0.3, -0.25) is 9.69 Å². The van der Waals surface area contributed by atoms with Crippen LogP contribution in [0.15, 0.2) is 79.5 Å². The van der Waals surface area contributed by atoms with Gasteiger partial charge in [0.1, 0.15) is 5.75 Å². The summed E-state index contributed by atoms with van der Waals surface area (Å²) < 4.78 is 1.35. The summed E-state index contributed by atoms with van der Waals surface area (Å²) in [6, 6.07) is 19.4. The first-order chi connectivity index (χ1) is 15.9. The first-order valence-electron chi connectivity index (χ1n) is 10.6. The van der Waals surface area contributed by atoms with Crippen molar-refractivity contribution in [2.24, 2.45) is 4.99 Å².